The maximum atomic E-state index is 10.9. The third-order valence-electron chi connectivity index (χ3n) is 1.90. The van der Waals surface area contributed by atoms with Crippen LogP contribution in [-0.2, 0) is 5.75 Å². The van der Waals surface area contributed by atoms with Gasteiger partial charge >= 0.3 is 5.97 Å². The molecule has 6 nitrogen and oxygen atoms in total. The van der Waals surface area contributed by atoms with Crippen molar-refractivity contribution in [3.8, 4) is 0 Å². The second-order valence-corrected chi connectivity index (χ2v) is 4.13. The van der Waals surface area contributed by atoms with E-state index in [0.717, 1.165) is 0 Å². The lowest BCUT2D eigenvalue weighted by molar-refractivity contribution is 0.0692. The minimum absolute atomic E-state index is 0.175. The fourth-order valence-electron chi connectivity index (χ4n) is 1.19. The summed E-state index contributed by atoms with van der Waals surface area (Å²) in [4.78, 5) is 14.9. The van der Waals surface area contributed by atoms with Gasteiger partial charge in [-0.15, -0.1) is 10.2 Å². The number of rotatable bonds is 4. The Labute approximate surface area is 101 Å². The van der Waals surface area contributed by atoms with E-state index in [1.54, 1.807) is 19.2 Å². The van der Waals surface area contributed by atoms with Crippen molar-refractivity contribution in [1.82, 2.24) is 15.2 Å². The SMILES string of the molecule is Cc1nnc(CSc2ncccc2C(=O)O)o1. The van der Waals surface area contributed by atoms with Gasteiger partial charge in [0.05, 0.1) is 11.3 Å². The van der Waals surface area contributed by atoms with Crippen molar-refractivity contribution in [3.05, 3.63) is 35.7 Å². The molecule has 17 heavy (non-hydrogen) atoms. The molecule has 0 saturated heterocycles. The fourth-order valence-corrected chi connectivity index (χ4v) is 2.02. The zero-order chi connectivity index (χ0) is 12.3. The van der Waals surface area contributed by atoms with Crippen molar-refractivity contribution >= 4 is 17.7 Å². The van der Waals surface area contributed by atoms with E-state index in [1.165, 1.54) is 17.8 Å². The summed E-state index contributed by atoms with van der Waals surface area (Å²) in [7, 11) is 0. The highest BCUT2D eigenvalue weighted by Gasteiger charge is 2.12. The van der Waals surface area contributed by atoms with Crippen molar-refractivity contribution in [1.29, 1.82) is 0 Å². The van der Waals surface area contributed by atoms with E-state index in [2.05, 4.69) is 15.2 Å². The largest absolute Gasteiger partial charge is 0.478 e. The standard InChI is InChI=1S/C10H9N3O3S/c1-6-12-13-8(16-6)5-17-9-7(10(14)15)3-2-4-11-9/h2-4H,5H2,1H3,(H,14,15). The van der Waals surface area contributed by atoms with Crippen molar-refractivity contribution in [2.45, 2.75) is 17.7 Å². The number of thioether (sulfide) groups is 1. The van der Waals surface area contributed by atoms with Crippen LogP contribution in [-0.4, -0.2) is 26.3 Å². The van der Waals surface area contributed by atoms with E-state index in [1.807, 2.05) is 0 Å². The van der Waals surface area contributed by atoms with Crippen molar-refractivity contribution < 1.29 is 14.3 Å². The molecule has 0 aliphatic heterocycles. The van der Waals surface area contributed by atoms with E-state index >= 15 is 0 Å². The van der Waals surface area contributed by atoms with Crippen LogP contribution in [0.25, 0.3) is 0 Å². The molecule has 88 valence electrons. The Morgan fingerprint density at radius 1 is 1.53 bits per heavy atom. The molecule has 2 aromatic rings. The monoisotopic (exact) mass is 251 g/mol. The maximum Gasteiger partial charge on any atom is 0.338 e. The number of aryl methyl sites for hydroxylation is 1. The summed E-state index contributed by atoms with van der Waals surface area (Å²) in [6.45, 7) is 1.70. The van der Waals surface area contributed by atoms with Crippen molar-refractivity contribution in [2.75, 3.05) is 0 Å². The van der Waals surface area contributed by atoms with Gasteiger partial charge in [-0.3, -0.25) is 0 Å². The van der Waals surface area contributed by atoms with Gasteiger partial charge < -0.3 is 9.52 Å². The van der Waals surface area contributed by atoms with Crippen LogP contribution in [0.1, 0.15) is 22.1 Å². The zero-order valence-electron chi connectivity index (χ0n) is 8.95. The van der Waals surface area contributed by atoms with Crippen LogP contribution in [0.4, 0.5) is 0 Å². The molecule has 0 bridgehead atoms. The Balaban J connectivity index is 2.11. The molecule has 0 aliphatic carbocycles. The minimum atomic E-state index is -0.998. The van der Waals surface area contributed by atoms with E-state index < -0.39 is 5.97 Å². The molecule has 0 aromatic carbocycles. The number of hydrogen-bond acceptors (Lipinski definition) is 6. The van der Waals surface area contributed by atoms with Crippen LogP contribution in [0.3, 0.4) is 0 Å². The highest BCUT2D eigenvalue weighted by Crippen LogP contribution is 2.23. The van der Waals surface area contributed by atoms with Crippen LogP contribution in [0, 0.1) is 6.92 Å². The van der Waals surface area contributed by atoms with Gasteiger partial charge in [0.2, 0.25) is 11.8 Å². The minimum Gasteiger partial charge on any atom is -0.478 e. The summed E-state index contributed by atoms with van der Waals surface area (Å²) >= 11 is 1.25. The molecule has 0 radical (unpaired) electrons. The molecule has 0 amide bonds. The molecule has 2 rings (SSSR count). The molecule has 0 spiro atoms. The molecule has 0 atom stereocenters. The third kappa shape index (κ3) is 2.82. The Morgan fingerprint density at radius 2 is 2.35 bits per heavy atom. The highest BCUT2D eigenvalue weighted by molar-refractivity contribution is 7.98. The number of carboxylic acid groups (broad SMARTS) is 1. The zero-order valence-corrected chi connectivity index (χ0v) is 9.77. The first-order chi connectivity index (χ1) is 8.16. The van der Waals surface area contributed by atoms with E-state index in [4.69, 9.17) is 9.52 Å². The van der Waals surface area contributed by atoms with Gasteiger partial charge in [0.1, 0.15) is 5.03 Å². The number of nitrogens with zero attached hydrogens (tertiary/aromatic N) is 3. The number of carboxylic acids is 1. The predicted molar refractivity (Wildman–Crippen MR) is 59.8 cm³/mol. The fraction of sp³-hybridized carbons (Fsp3) is 0.200. The average molecular weight is 251 g/mol. The van der Waals surface area contributed by atoms with Gasteiger partial charge in [0.25, 0.3) is 0 Å². The second-order valence-electron chi connectivity index (χ2n) is 3.16. The summed E-state index contributed by atoms with van der Waals surface area (Å²) in [5, 5.41) is 16.9. The number of carbonyl (C=O) groups is 1. The molecule has 0 unspecified atom stereocenters. The summed E-state index contributed by atoms with van der Waals surface area (Å²) in [5.41, 5.74) is 0.175. The average Bonchev–Trinajstić information content (AvgIpc) is 2.73. The molecular formula is C10H9N3O3S. The Hall–Kier alpha value is -1.89. The highest BCUT2D eigenvalue weighted by atomic mass is 32.2. The number of pyridine rings is 1. The molecule has 2 heterocycles. The van der Waals surface area contributed by atoms with Gasteiger partial charge in [0.15, 0.2) is 0 Å². The molecule has 1 N–H and O–H groups in total. The molecule has 2 aromatic heterocycles. The molecular weight excluding hydrogens is 242 g/mol. The van der Waals surface area contributed by atoms with Gasteiger partial charge in [-0.05, 0) is 12.1 Å². The lowest BCUT2D eigenvalue weighted by atomic mass is 10.3. The van der Waals surface area contributed by atoms with E-state index in [0.29, 0.717) is 22.6 Å². The normalized spacial score (nSPS) is 10.4. The van der Waals surface area contributed by atoms with Crippen LogP contribution in [0.2, 0.25) is 0 Å². The number of hydrogen-bond donors (Lipinski definition) is 1. The Bertz CT molecular complexity index is 541. The predicted octanol–water partition coefficient (Wildman–Crippen LogP) is 1.76. The smallest absolute Gasteiger partial charge is 0.338 e. The van der Waals surface area contributed by atoms with Crippen LogP contribution in [0.5, 0.6) is 0 Å². The Kier molecular flexibility index (Phi) is 3.38. The lowest BCUT2D eigenvalue weighted by Crippen LogP contribution is -2.00. The molecule has 0 aliphatic rings. The van der Waals surface area contributed by atoms with Crippen LogP contribution < -0.4 is 0 Å². The number of aromatic carboxylic acids is 1. The van der Waals surface area contributed by atoms with Gasteiger partial charge in [0, 0.05) is 13.1 Å². The van der Waals surface area contributed by atoms with Crippen molar-refractivity contribution in [2.24, 2.45) is 0 Å². The summed E-state index contributed by atoms with van der Waals surface area (Å²) in [6, 6.07) is 3.10. The van der Waals surface area contributed by atoms with Gasteiger partial charge in [-0.25, -0.2) is 9.78 Å². The summed E-state index contributed by atoms with van der Waals surface area (Å²) in [6.07, 6.45) is 1.55. The van der Waals surface area contributed by atoms with Gasteiger partial charge in [-0.1, -0.05) is 11.8 Å². The van der Waals surface area contributed by atoms with Crippen molar-refractivity contribution in [3.63, 3.8) is 0 Å². The van der Waals surface area contributed by atoms with E-state index in [-0.39, 0.29) is 5.56 Å². The number of aromatic nitrogens is 3. The van der Waals surface area contributed by atoms with Crippen LogP contribution >= 0.6 is 11.8 Å². The molecule has 0 saturated carbocycles. The van der Waals surface area contributed by atoms with Crippen LogP contribution in [0.15, 0.2) is 27.8 Å². The third-order valence-corrected chi connectivity index (χ3v) is 2.89. The lowest BCUT2D eigenvalue weighted by Gasteiger charge is -2.01. The maximum absolute atomic E-state index is 10.9. The Morgan fingerprint density at radius 3 is 3.00 bits per heavy atom. The molecule has 0 fully saturated rings. The second kappa shape index (κ2) is 4.96. The van der Waals surface area contributed by atoms with E-state index in [9.17, 15) is 4.79 Å². The summed E-state index contributed by atoms with van der Waals surface area (Å²) < 4.78 is 5.19. The first-order valence-electron chi connectivity index (χ1n) is 4.77. The first kappa shape index (κ1) is 11.6. The quantitative estimate of drug-likeness (QED) is 0.828. The summed E-state index contributed by atoms with van der Waals surface area (Å²) in [5.74, 6) is 0.342. The first-order valence-corrected chi connectivity index (χ1v) is 5.75. The topological polar surface area (TPSA) is 89.1 Å². The van der Waals surface area contributed by atoms with Gasteiger partial charge in [-0.2, -0.15) is 0 Å². The molecule has 7 heteroatoms.